The van der Waals surface area contributed by atoms with E-state index >= 15 is 0 Å². The molecular formula is C17H25NO6S2. The second-order valence-electron chi connectivity index (χ2n) is 8.14. The van der Waals surface area contributed by atoms with Crippen molar-refractivity contribution < 1.29 is 27.5 Å². The quantitative estimate of drug-likeness (QED) is 0.519. The van der Waals surface area contributed by atoms with Crippen LogP contribution in [0.15, 0.2) is 12.2 Å². The fraction of sp³-hybridized carbons (Fsp3) is 0.765. The summed E-state index contributed by atoms with van der Waals surface area (Å²) in [4.78, 5) is 24.0. The van der Waals surface area contributed by atoms with Gasteiger partial charge in [0.15, 0.2) is 6.10 Å². The van der Waals surface area contributed by atoms with Crippen LogP contribution in [-0.4, -0.2) is 64.2 Å². The standard InChI is InChI=1S/C17H25NO6S2/c1-8(2)15(19)23-9(3)16(20)24-13-10-7-11-14(25-10)12(13)18(17(4,5)6)26(11,21)22/h9-14H,1,7H2,2-6H3. The normalized spacial score (nSPS) is 36.0. The summed E-state index contributed by atoms with van der Waals surface area (Å²) >= 11 is 1.59. The van der Waals surface area contributed by atoms with Gasteiger partial charge in [0, 0.05) is 21.6 Å². The lowest BCUT2D eigenvalue weighted by atomic mass is 9.90. The molecule has 3 aliphatic heterocycles. The van der Waals surface area contributed by atoms with Gasteiger partial charge in [-0.3, -0.25) is 0 Å². The van der Waals surface area contributed by atoms with Crippen LogP contribution in [0, 0.1) is 0 Å². The first-order chi connectivity index (χ1) is 11.9. The van der Waals surface area contributed by atoms with Crippen molar-refractivity contribution in [1.29, 1.82) is 0 Å². The predicted molar refractivity (Wildman–Crippen MR) is 98.1 cm³/mol. The zero-order valence-electron chi connectivity index (χ0n) is 15.6. The van der Waals surface area contributed by atoms with Crippen LogP contribution in [0.3, 0.4) is 0 Å². The Hall–Kier alpha value is -1.06. The number of fused-ring (bicyclic) bond motifs is 1. The molecule has 0 aromatic carbocycles. The summed E-state index contributed by atoms with van der Waals surface area (Å²) in [5.74, 6) is -1.32. The molecular weight excluding hydrogens is 378 g/mol. The van der Waals surface area contributed by atoms with Gasteiger partial charge in [-0.15, -0.1) is 11.8 Å². The molecule has 0 saturated carbocycles. The SMILES string of the molecule is C=C(C)C(=O)OC(C)C(=O)OC1C2CC3C(S2)C1N(C(C)(C)C)S3(=O)=O. The van der Waals surface area contributed by atoms with Crippen LogP contribution in [0.25, 0.3) is 0 Å². The van der Waals surface area contributed by atoms with Gasteiger partial charge in [-0.25, -0.2) is 18.0 Å². The Balaban J connectivity index is 1.79. The van der Waals surface area contributed by atoms with Crippen molar-refractivity contribution >= 4 is 33.7 Å². The number of rotatable bonds is 4. The highest BCUT2D eigenvalue weighted by molar-refractivity contribution is 8.03. The van der Waals surface area contributed by atoms with E-state index in [1.54, 1.807) is 11.8 Å². The van der Waals surface area contributed by atoms with Gasteiger partial charge >= 0.3 is 11.9 Å². The van der Waals surface area contributed by atoms with Crippen LogP contribution >= 0.6 is 11.8 Å². The van der Waals surface area contributed by atoms with Crippen LogP contribution in [0.4, 0.5) is 0 Å². The molecule has 2 bridgehead atoms. The molecule has 0 N–H and O–H groups in total. The topological polar surface area (TPSA) is 90.0 Å². The molecule has 0 aliphatic carbocycles. The molecule has 6 atom stereocenters. The van der Waals surface area contributed by atoms with Crippen LogP contribution in [0.2, 0.25) is 0 Å². The van der Waals surface area contributed by atoms with E-state index in [1.807, 2.05) is 20.8 Å². The average Bonchev–Trinajstić information content (AvgIpc) is 3.09. The largest absolute Gasteiger partial charge is 0.457 e. The van der Waals surface area contributed by atoms with E-state index < -0.39 is 45.0 Å². The average molecular weight is 404 g/mol. The van der Waals surface area contributed by atoms with Gasteiger partial charge in [-0.1, -0.05) is 6.58 Å². The van der Waals surface area contributed by atoms with E-state index in [4.69, 9.17) is 9.47 Å². The molecule has 6 unspecified atom stereocenters. The molecule has 3 rings (SSSR count). The third kappa shape index (κ3) is 2.97. The molecule has 3 fully saturated rings. The second-order valence-corrected chi connectivity index (χ2v) is 11.6. The maximum atomic E-state index is 12.9. The highest BCUT2D eigenvalue weighted by Crippen LogP contribution is 2.58. The molecule has 3 saturated heterocycles. The maximum absolute atomic E-state index is 12.9. The number of ether oxygens (including phenoxy) is 2. The van der Waals surface area contributed by atoms with Crippen molar-refractivity contribution in [3.63, 3.8) is 0 Å². The van der Waals surface area contributed by atoms with Gasteiger partial charge in [0.25, 0.3) is 0 Å². The number of sulfonamides is 1. The fourth-order valence-corrected chi connectivity index (χ4v) is 9.24. The zero-order chi connectivity index (χ0) is 19.6. The van der Waals surface area contributed by atoms with Crippen LogP contribution in [-0.2, 0) is 29.1 Å². The molecule has 3 aliphatic rings. The van der Waals surface area contributed by atoms with E-state index in [0.29, 0.717) is 6.42 Å². The minimum Gasteiger partial charge on any atom is -0.457 e. The highest BCUT2D eigenvalue weighted by atomic mass is 32.2. The van der Waals surface area contributed by atoms with Crippen molar-refractivity contribution in [3.05, 3.63) is 12.2 Å². The van der Waals surface area contributed by atoms with Crippen LogP contribution in [0.1, 0.15) is 41.0 Å². The van der Waals surface area contributed by atoms with Crippen LogP contribution in [0.5, 0.6) is 0 Å². The number of carbonyl (C=O) groups is 2. The number of hydrogen-bond donors (Lipinski definition) is 0. The maximum Gasteiger partial charge on any atom is 0.347 e. The van der Waals surface area contributed by atoms with E-state index in [0.717, 1.165) is 0 Å². The van der Waals surface area contributed by atoms with E-state index in [1.165, 1.54) is 18.2 Å². The first kappa shape index (κ1) is 19.7. The molecule has 9 heteroatoms. The van der Waals surface area contributed by atoms with E-state index in [2.05, 4.69) is 6.58 Å². The van der Waals surface area contributed by atoms with Crippen molar-refractivity contribution in [2.45, 2.75) is 80.6 Å². The van der Waals surface area contributed by atoms with E-state index in [9.17, 15) is 18.0 Å². The Morgan fingerprint density at radius 2 is 1.92 bits per heavy atom. The molecule has 0 aromatic heterocycles. The van der Waals surface area contributed by atoms with Gasteiger partial charge < -0.3 is 9.47 Å². The summed E-state index contributed by atoms with van der Waals surface area (Å²) in [6.07, 6.45) is -1.12. The van der Waals surface area contributed by atoms with Crippen molar-refractivity contribution in [3.8, 4) is 0 Å². The molecule has 26 heavy (non-hydrogen) atoms. The Morgan fingerprint density at radius 1 is 1.31 bits per heavy atom. The number of carbonyl (C=O) groups excluding carboxylic acids is 2. The Bertz CT molecular complexity index is 756. The zero-order valence-corrected chi connectivity index (χ0v) is 17.2. The van der Waals surface area contributed by atoms with Gasteiger partial charge in [0.05, 0.1) is 11.3 Å². The van der Waals surface area contributed by atoms with Gasteiger partial charge in [-0.05, 0) is 41.0 Å². The number of thioether (sulfide) groups is 1. The monoisotopic (exact) mass is 403 g/mol. The summed E-state index contributed by atoms with van der Waals surface area (Å²) in [6, 6.07) is -0.373. The number of esters is 2. The van der Waals surface area contributed by atoms with Gasteiger partial charge in [0.1, 0.15) is 6.10 Å². The fourth-order valence-electron chi connectivity index (χ4n) is 4.01. The van der Waals surface area contributed by atoms with Crippen molar-refractivity contribution in [1.82, 2.24) is 4.31 Å². The van der Waals surface area contributed by atoms with E-state index in [-0.39, 0.29) is 22.1 Å². The molecule has 7 nitrogen and oxygen atoms in total. The lowest BCUT2D eigenvalue weighted by Gasteiger charge is -2.37. The van der Waals surface area contributed by atoms with Crippen molar-refractivity contribution in [2.75, 3.05) is 0 Å². The Morgan fingerprint density at radius 3 is 2.46 bits per heavy atom. The number of hydrogen-bond acceptors (Lipinski definition) is 7. The third-order valence-electron chi connectivity index (χ3n) is 5.01. The summed E-state index contributed by atoms with van der Waals surface area (Å²) in [6.45, 7) is 12.0. The van der Waals surface area contributed by atoms with Gasteiger partial charge in [0.2, 0.25) is 10.0 Å². The molecule has 0 amide bonds. The molecule has 0 spiro atoms. The molecule has 0 aromatic rings. The Kier molecular flexibility index (Phi) is 4.73. The summed E-state index contributed by atoms with van der Waals surface area (Å²) in [5, 5.41) is -0.546. The van der Waals surface area contributed by atoms with Crippen LogP contribution < -0.4 is 0 Å². The molecule has 3 heterocycles. The summed E-state index contributed by atoms with van der Waals surface area (Å²) in [7, 11) is -3.42. The minimum absolute atomic E-state index is 0.0508. The number of nitrogens with zero attached hydrogens (tertiary/aromatic N) is 1. The minimum atomic E-state index is -3.42. The smallest absolute Gasteiger partial charge is 0.347 e. The first-order valence-corrected chi connectivity index (χ1v) is 11.1. The van der Waals surface area contributed by atoms with Crippen molar-refractivity contribution in [2.24, 2.45) is 0 Å². The predicted octanol–water partition coefficient (Wildman–Crippen LogP) is 1.47. The van der Waals surface area contributed by atoms with Gasteiger partial charge in [-0.2, -0.15) is 4.31 Å². The first-order valence-electron chi connectivity index (χ1n) is 8.61. The summed E-state index contributed by atoms with van der Waals surface area (Å²) < 4.78 is 38.1. The second kappa shape index (κ2) is 6.24. The highest BCUT2D eigenvalue weighted by Gasteiger charge is 2.70. The molecule has 0 radical (unpaired) electrons. The Labute approximate surface area is 158 Å². The lowest BCUT2D eigenvalue weighted by molar-refractivity contribution is -0.170. The summed E-state index contributed by atoms with van der Waals surface area (Å²) in [5.41, 5.74) is -0.400. The lowest BCUT2D eigenvalue weighted by Crippen LogP contribution is -2.54. The third-order valence-corrected chi connectivity index (χ3v) is 9.50. The molecule has 146 valence electrons.